The van der Waals surface area contributed by atoms with E-state index in [0.29, 0.717) is 6.42 Å². The van der Waals surface area contributed by atoms with Crippen LogP contribution in [-0.4, -0.2) is 28.6 Å². The number of carbonyl (C=O) groups excluding carboxylic acids is 1. The Kier molecular flexibility index (Phi) is 8.16. The first-order valence-electron chi connectivity index (χ1n) is 5.56. The van der Waals surface area contributed by atoms with Crippen LogP contribution in [0.4, 0.5) is 0 Å². The molecule has 0 rings (SSSR count). The molecule has 0 aromatic rings. The molecule has 3 nitrogen and oxygen atoms in total. The van der Waals surface area contributed by atoms with Crippen LogP contribution in [0.25, 0.3) is 0 Å². The Morgan fingerprint density at radius 2 is 2.00 bits per heavy atom. The molecule has 0 aromatic carbocycles. The first kappa shape index (κ1) is 16.0. The fourth-order valence-corrected chi connectivity index (χ4v) is 1.77. The summed E-state index contributed by atoms with van der Waals surface area (Å²) in [5.74, 6) is -0.508. The fourth-order valence-electron chi connectivity index (χ4n) is 1.34. The molecule has 0 aliphatic heterocycles. The smallest absolute Gasteiger partial charge is 0.308 e. The number of alkyl halides is 2. The maximum Gasteiger partial charge on any atom is 0.308 e. The summed E-state index contributed by atoms with van der Waals surface area (Å²) < 4.78 is 3.18. The van der Waals surface area contributed by atoms with Crippen molar-refractivity contribution in [2.24, 2.45) is 0 Å². The molecule has 1 N–H and O–H groups in total. The monoisotopic (exact) mass is 270 g/mol. The first-order valence-corrected chi connectivity index (χ1v) is 6.32. The second-order valence-electron chi connectivity index (χ2n) is 3.87. The Bertz CT molecular complexity index is 207. The minimum absolute atomic E-state index is 0.169. The van der Waals surface area contributed by atoms with Gasteiger partial charge in [0.2, 0.25) is 0 Å². The molecule has 0 aliphatic rings. The van der Waals surface area contributed by atoms with Crippen LogP contribution in [0.3, 0.4) is 0 Å². The lowest BCUT2D eigenvalue weighted by Gasteiger charge is -2.24. The Morgan fingerprint density at radius 3 is 2.50 bits per heavy atom. The van der Waals surface area contributed by atoms with E-state index in [9.17, 15) is 9.90 Å². The van der Waals surface area contributed by atoms with Gasteiger partial charge in [0.25, 0.3) is 0 Å². The third kappa shape index (κ3) is 6.56. The lowest BCUT2D eigenvalue weighted by Crippen LogP contribution is -2.33. The highest BCUT2D eigenvalue weighted by Gasteiger charge is 2.34. The van der Waals surface area contributed by atoms with Crippen molar-refractivity contribution in [3.05, 3.63) is 0 Å². The Balaban J connectivity index is 3.94. The van der Waals surface area contributed by atoms with Crippen molar-refractivity contribution in [2.75, 3.05) is 7.11 Å². The van der Waals surface area contributed by atoms with Crippen molar-refractivity contribution in [3.63, 3.8) is 0 Å². The maximum atomic E-state index is 10.9. The number of esters is 1. The SMILES string of the molecule is CCCCCCC(Cl)(Cl)[C@H](O)CC(=O)OC. The zero-order valence-corrected chi connectivity index (χ0v) is 11.4. The zero-order valence-electron chi connectivity index (χ0n) is 9.84. The van der Waals surface area contributed by atoms with E-state index in [0.717, 1.165) is 25.7 Å². The van der Waals surface area contributed by atoms with Crippen molar-refractivity contribution in [2.45, 2.75) is 55.9 Å². The van der Waals surface area contributed by atoms with Crippen molar-refractivity contribution >= 4 is 29.2 Å². The molecular formula is C11H20Cl2O3. The highest BCUT2D eigenvalue weighted by atomic mass is 35.5. The summed E-state index contributed by atoms with van der Waals surface area (Å²) in [5, 5.41) is 9.67. The summed E-state index contributed by atoms with van der Waals surface area (Å²) in [7, 11) is 1.26. The van der Waals surface area contributed by atoms with Crippen LogP contribution in [0.2, 0.25) is 0 Å². The van der Waals surface area contributed by atoms with E-state index < -0.39 is 16.4 Å². The zero-order chi connectivity index (χ0) is 12.6. The summed E-state index contributed by atoms with van der Waals surface area (Å²) in [5.41, 5.74) is 0. The quantitative estimate of drug-likeness (QED) is 0.419. The first-order chi connectivity index (χ1) is 7.44. The van der Waals surface area contributed by atoms with Gasteiger partial charge in [-0.3, -0.25) is 4.79 Å². The standard InChI is InChI=1S/C11H20Cl2O3/c1-3-4-5-6-7-11(12,13)9(14)8-10(15)16-2/h9,14H,3-8H2,1-2H3/t9-/m1/s1. The van der Waals surface area contributed by atoms with E-state index in [1.807, 2.05) is 0 Å². The number of aliphatic hydroxyl groups is 1. The second-order valence-corrected chi connectivity index (χ2v) is 5.41. The summed E-state index contributed by atoms with van der Waals surface area (Å²) in [6.07, 6.45) is 3.36. The van der Waals surface area contributed by atoms with Crippen LogP contribution < -0.4 is 0 Å². The molecule has 16 heavy (non-hydrogen) atoms. The highest BCUT2D eigenvalue weighted by molar-refractivity contribution is 6.48. The third-order valence-electron chi connectivity index (χ3n) is 2.44. The van der Waals surface area contributed by atoms with Gasteiger partial charge in [-0.2, -0.15) is 0 Å². The van der Waals surface area contributed by atoms with Crippen molar-refractivity contribution in [1.29, 1.82) is 0 Å². The normalized spacial score (nSPS) is 13.6. The molecule has 0 saturated heterocycles. The third-order valence-corrected chi connectivity index (χ3v) is 3.32. The molecule has 0 amide bonds. The van der Waals surface area contributed by atoms with Crippen LogP contribution in [0.15, 0.2) is 0 Å². The molecule has 1 atom stereocenters. The molecule has 0 unspecified atom stereocenters. The van der Waals surface area contributed by atoms with Crippen LogP contribution in [0, 0.1) is 0 Å². The largest absolute Gasteiger partial charge is 0.469 e. The lowest BCUT2D eigenvalue weighted by molar-refractivity contribution is -0.143. The van der Waals surface area contributed by atoms with E-state index in [4.69, 9.17) is 23.2 Å². The number of carbonyl (C=O) groups is 1. The van der Waals surface area contributed by atoms with Crippen LogP contribution in [-0.2, 0) is 9.53 Å². The maximum absolute atomic E-state index is 10.9. The van der Waals surface area contributed by atoms with Gasteiger partial charge in [-0.25, -0.2) is 0 Å². The van der Waals surface area contributed by atoms with Crippen molar-refractivity contribution in [1.82, 2.24) is 0 Å². The van der Waals surface area contributed by atoms with Gasteiger partial charge in [0.05, 0.1) is 19.6 Å². The molecule has 0 aliphatic carbocycles. The van der Waals surface area contributed by atoms with E-state index in [1.165, 1.54) is 7.11 Å². The molecule has 5 heteroatoms. The molecule has 0 aromatic heterocycles. The Morgan fingerprint density at radius 1 is 1.38 bits per heavy atom. The van der Waals surface area contributed by atoms with E-state index in [2.05, 4.69) is 11.7 Å². The van der Waals surface area contributed by atoms with E-state index in [1.54, 1.807) is 0 Å². The molecule has 0 bridgehead atoms. The summed E-state index contributed by atoms with van der Waals surface area (Å²) >= 11 is 11.9. The number of rotatable bonds is 8. The summed E-state index contributed by atoms with van der Waals surface area (Å²) in [6.45, 7) is 2.11. The average molecular weight is 271 g/mol. The number of unbranched alkanes of at least 4 members (excludes halogenated alkanes) is 3. The summed E-state index contributed by atoms with van der Waals surface area (Å²) in [6, 6.07) is 0. The van der Waals surface area contributed by atoms with E-state index in [-0.39, 0.29) is 6.42 Å². The van der Waals surface area contributed by atoms with Gasteiger partial charge >= 0.3 is 5.97 Å². The number of ether oxygens (including phenoxy) is 1. The van der Waals surface area contributed by atoms with Gasteiger partial charge in [0, 0.05) is 0 Å². The molecule has 0 heterocycles. The molecule has 0 saturated carbocycles. The number of hydrogen-bond acceptors (Lipinski definition) is 3. The molecule has 0 spiro atoms. The minimum Gasteiger partial charge on any atom is -0.469 e. The van der Waals surface area contributed by atoms with Gasteiger partial charge in [0.15, 0.2) is 0 Å². The number of hydrogen-bond donors (Lipinski definition) is 1. The topological polar surface area (TPSA) is 46.5 Å². The fraction of sp³-hybridized carbons (Fsp3) is 0.909. The van der Waals surface area contributed by atoms with E-state index >= 15 is 0 Å². The van der Waals surface area contributed by atoms with Crippen LogP contribution in [0.5, 0.6) is 0 Å². The minimum atomic E-state index is -1.26. The number of halogens is 2. The predicted octanol–water partition coefficient (Wildman–Crippen LogP) is 3.05. The highest BCUT2D eigenvalue weighted by Crippen LogP contribution is 2.33. The van der Waals surface area contributed by atoms with Gasteiger partial charge in [-0.05, 0) is 6.42 Å². The van der Waals surface area contributed by atoms with Crippen LogP contribution in [0.1, 0.15) is 45.4 Å². The molecule has 0 radical (unpaired) electrons. The van der Waals surface area contributed by atoms with Crippen molar-refractivity contribution < 1.29 is 14.6 Å². The molecule has 0 fully saturated rings. The number of methoxy groups -OCH3 is 1. The Labute approximate surface area is 107 Å². The van der Waals surface area contributed by atoms with Gasteiger partial charge in [0.1, 0.15) is 4.33 Å². The van der Waals surface area contributed by atoms with Gasteiger partial charge < -0.3 is 9.84 Å². The average Bonchev–Trinajstić information content (AvgIpc) is 2.24. The van der Waals surface area contributed by atoms with Crippen molar-refractivity contribution in [3.8, 4) is 0 Å². The molecule has 96 valence electrons. The molecular weight excluding hydrogens is 251 g/mol. The predicted molar refractivity (Wildman–Crippen MR) is 65.8 cm³/mol. The number of aliphatic hydroxyl groups excluding tert-OH is 1. The van der Waals surface area contributed by atoms with Crippen LogP contribution >= 0.6 is 23.2 Å². The van der Waals surface area contributed by atoms with Gasteiger partial charge in [-0.1, -0.05) is 55.8 Å². The Hall–Kier alpha value is 0.01000. The lowest BCUT2D eigenvalue weighted by atomic mass is 10.1. The second kappa shape index (κ2) is 8.15. The summed E-state index contributed by atoms with van der Waals surface area (Å²) in [4.78, 5) is 10.9. The van der Waals surface area contributed by atoms with Gasteiger partial charge in [-0.15, -0.1) is 0 Å².